The number of benzene rings is 1. The molecular weight excluding hydrogens is 315 g/mol. The van der Waals surface area contributed by atoms with Gasteiger partial charge in [-0.1, -0.05) is 11.3 Å². The molecule has 0 amide bonds. The smallest absolute Gasteiger partial charge is 0.273 e. The van der Waals surface area contributed by atoms with Crippen LogP contribution in [0.3, 0.4) is 0 Å². The van der Waals surface area contributed by atoms with Gasteiger partial charge in [0.15, 0.2) is 0 Å². The van der Waals surface area contributed by atoms with E-state index in [9.17, 15) is 12.8 Å². The first-order valence-electron chi connectivity index (χ1n) is 6.29. The molecule has 1 aromatic carbocycles. The highest BCUT2D eigenvalue weighted by atomic mass is 32.2. The van der Waals surface area contributed by atoms with Crippen LogP contribution >= 0.6 is 11.3 Å². The molecule has 5 nitrogen and oxygen atoms in total. The first kappa shape index (κ1) is 14.4. The lowest BCUT2D eigenvalue weighted by Gasteiger charge is -2.37. The Bertz CT molecular complexity index is 741. The standard InChI is InChI=1S/C13H13FN2O3S2/c1-9-6-11(2-3-12(9)14)21(17,18)16-7-10(8-16)19-13-15-4-5-20-13/h2-6,10H,7-8H2,1H3. The number of aryl methyl sites for hydroxylation is 1. The SMILES string of the molecule is Cc1cc(S(=O)(=O)N2CC(Oc3nccs3)C2)ccc1F. The van der Waals surface area contributed by atoms with Crippen molar-refractivity contribution in [1.82, 2.24) is 9.29 Å². The van der Waals surface area contributed by atoms with Gasteiger partial charge in [0.2, 0.25) is 10.0 Å². The topological polar surface area (TPSA) is 59.5 Å². The minimum atomic E-state index is -3.58. The van der Waals surface area contributed by atoms with Crippen LogP contribution in [-0.2, 0) is 10.0 Å². The molecule has 1 aliphatic heterocycles. The quantitative estimate of drug-likeness (QED) is 0.862. The van der Waals surface area contributed by atoms with Crippen LogP contribution in [0.5, 0.6) is 5.19 Å². The summed E-state index contributed by atoms with van der Waals surface area (Å²) in [5, 5.41) is 2.33. The Morgan fingerprint density at radius 1 is 1.43 bits per heavy atom. The molecule has 0 radical (unpaired) electrons. The lowest BCUT2D eigenvalue weighted by atomic mass is 10.2. The molecule has 0 unspecified atom stereocenters. The fourth-order valence-electron chi connectivity index (χ4n) is 2.01. The Labute approximate surface area is 126 Å². The fourth-order valence-corrected chi connectivity index (χ4v) is 4.15. The Kier molecular flexibility index (Phi) is 3.68. The molecule has 1 aromatic heterocycles. The molecule has 2 heterocycles. The predicted octanol–water partition coefficient (Wildman–Crippen LogP) is 2.04. The molecule has 0 atom stereocenters. The number of halogens is 1. The van der Waals surface area contributed by atoms with E-state index in [1.807, 2.05) is 0 Å². The van der Waals surface area contributed by atoms with Gasteiger partial charge in [-0.3, -0.25) is 0 Å². The van der Waals surface area contributed by atoms with Gasteiger partial charge >= 0.3 is 0 Å². The first-order chi connectivity index (χ1) is 9.96. The van der Waals surface area contributed by atoms with Crippen molar-refractivity contribution in [2.24, 2.45) is 0 Å². The third kappa shape index (κ3) is 2.78. The zero-order valence-electron chi connectivity index (χ0n) is 11.2. The number of sulfonamides is 1. The van der Waals surface area contributed by atoms with Crippen molar-refractivity contribution < 1.29 is 17.5 Å². The van der Waals surface area contributed by atoms with Crippen LogP contribution in [0.1, 0.15) is 5.56 Å². The monoisotopic (exact) mass is 328 g/mol. The number of aromatic nitrogens is 1. The van der Waals surface area contributed by atoms with Gasteiger partial charge < -0.3 is 4.74 Å². The van der Waals surface area contributed by atoms with E-state index >= 15 is 0 Å². The zero-order chi connectivity index (χ0) is 15.0. The molecule has 1 saturated heterocycles. The second-order valence-corrected chi connectivity index (χ2v) is 7.57. The summed E-state index contributed by atoms with van der Waals surface area (Å²) in [5.41, 5.74) is 0.312. The highest BCUT2D eigenvalue weighted by molar-refractivity contribution is 7.89. The largest absolute Gasteiger partial charge is 0.464 e. The van der Waals surface area contributed by atoms with Crippen molar-refractivity contribution in [3.63, 3.8) is 0 Å². The summed E-state index contributed by atoms with van der Waals surface area (Å²) in [6.07, 6.45) is 1.45. The van der Waals surface area contributed by atoms with E-state index in [-0.39, 0.29) is 24.1 Å². The molecule has 8 heteroatoms. The molecule has 3 rings (SSSR count). The first-order valence-corrected chi connectivity index (χ1v) is 8.61. The van der Waals surface area contributed by atoms with E-state index < -0.39 is 15.8 Å². The fraction of sp³-hybridized carbons (Fsp3) is 0.308. The summed E-state index contributed by atoms with van der Waals surface area (Å²) in [7, 11) is -3.58. The Hall–Kier alpha value is -1.51. The molecule has 21 heavy (non-hydrogen) atoms. The van der Waals surface area contributed by atoms with Crippen molar-refractivity contribution in [1.29, 1.82) is 0 Å². The molecular formula is C13H13FN2O3S2. The summed E-state index contributed by atoms with van der Waals surface area (Å²) in [6, 6.07) is 3.80. The lowest BCUT2D eigenvalue weighted by Crippen LogP contribution is -2.55. The molecule has 0 N–H and O–H groups in total. The number of hydrogen-bond donors (Lipinski definition) is 0. The summed E-state index contributed by atoms with van der Waals surface area (Å²) < 4.78 is 44.8. The highest BCUT2D eigenvalue weighted by Crippen LogP contribution is 2.26. The molecule has 2 aromatic rings. The second kappa shape index (κ2) is 5.36. The molecule has 1 fully saturated rings. The van der Waals surface area contributed by atoms with Crippen LogP contribution in [0.25, 0.3) is 0 Å². The molecule has 0 saturated carbocycles. The summed E-state index contributed by atoms with van der Waals surface area (Å²) in [4.78, 5) is 4.10. The number of thiazole rings is 1. The van der Waals surface area contributed by atoms with Crippen LogP contribution in [0.15, 0.2) is 34.7 Å². The third-order valence-electron chi connectivity index (χ3n) is 3.26. The number of hydrogen-bond acceptors (Lipinski definition) is 5. The van der Waals surface area contributed by atoms with Crippen molar-refractivity contribution in [3.8, 4) is 5.19 Å². The number of ether oxygens (including phenoxy) is 1. The van der Waals surface area contributed by atoms with E-state index in [1.54, 1.807) is 18.5 Å². The average molecular weight is 328 g/mol. The van der Waals surface area contributed by atoms with E-state index in [4.69, 9.17) is 4.74 Å². The molecule has 112 valence electrons. The summed E-state index contributed by atoms with van der Waals surface area (Å²) in [6.45, 7) is 2.09. The summed E-state index contributed by atoms with van der Waals surface area (Å²) >= 11 is 1.37. The van der Waals surface area contributed by atoms with Crippen LogP contribution in [-0.4, -0.2) is 36.9 Å². The van der Waals surface area contributed by atoms with Crippen molar-refractivity contribution >= 4 is 21.4 Å². The maximum absolute atomic E-state index is 13.2. The van der Waals surface area contributed by atoms with Gasteiger partial charge in [-0.05, 0) is 30.7 Å². The third-order valence-corrected chi connectivity index (χ3v) is 5.75. The normalized spacial score (nSPS) is 16.7. The minimum absolute atomic E-state index is 0.106. The maximum atomic E-state index is 13.2. The van der Waals surface area contributed by atoms with E-state index in [1.165, 1.54) is 33.8 Å². The lowest BCUT2D eigenvalue weighted by molar-refractivity contribution is 0.0759. The number of nitrogens with zero attached hydrogens (tertiary/aromatic N) is 2. The minimum Gasteiger partial charge on any atom is -0.464 e. The van der Waals surface area contributed by atoms with E-state index in [2.05, 4.69) is 4.98 Å². The van der Waals surface area contributed by atoms with Crippen LogP contribution in [0, 0.1) is 12.7 Å². The van der Waals surface area contributed by atoms with Gasteiger partial charge in [0, 0.05) is 11.6 Å². The van der Waals surface area contributed by atoms with Gasteiger partial charge in [-0.2, -0.15) is 4.31 Å². The Morgan fingerprint density at radius 3 is 2.81 bits per heavy atom. The van der Waals surface area contributed by atoms with Crippen LogP contribution in [0.2, 0.25) is 0 Å². The second-order valence-electron chi connectivity index (χ2n) is 4.77. The van der Waals surface area contributed by atoms with Gasteiger partial charge in [0.25, 0.3) is 5.19 Å². The average Bonchev–Trinajstić information content (AvgIpc) is 2.89. The molecule has 0 aliphatic carbocycles. The van der Waals surface area contributed by atoms with Crippen LogP contribution in [0.4, 0.5) is 4.39 Å². The van der Waals surface area contributed by atoms with E-state index in [0.29, 0.717) is 10.8 Å². The summed E-state index contributed by atoms with van der Waals surface area (Å²) in [5.74, 6) is -0.414. The maximum Gasteiger partial charge on any atom is 0.273 e. The van der Waals surface area contributed by atoms with Gasteiger partial charge in [0.1, 0.15) is 11.9 Å². The van der Waals surface area contributed by atoms with Gasteiger partial charge in [-0.15, -0.1) is 0 Å². The Balaban J connectivity index is 1.68. The number of rotatable bonds is 4. The van der Waals surface area contributed by atoms with Crippen LogP contribution < -0.4 is 4.74 Å². The van der Waals surface area contributed by atoms with Gasteiger partial charge in [0.05, 0.1) is 18.0 Å². The zero-order valence-corrected chi connectivity index (χ0v) is 12.8. The highest BCUT2D eigenvalue weighted by Gasteiger charge is 2.38. The van der Waals surface area contributed by atoms with Crippen molar-refractivity contribution in [2.45, 2.75) is 17.9 Å². The molecule has 1 aliphatic rings. The van der Waals surface area contributed by atoms with Gasteiger partial charge in [-0.25, -0.2) is 17.8 Å². The van der Waals surface area contributed by atoms with Crippen molar-refractivity contribution in [2.75, 3.05) is 13.1 Å². The molecule has 0 spiro atoms. The van der Waals surface area contributed by atoms with E-state index in [0.717, 1.165) is 0 Å². The predicted molar refractivity (Wildman–Crippen MR) is 76.4 cm³/mol. The Morgan fingerprint density at radius 2 is 2.19 bits per heavy atom. The molecule has 0 bridgehead atoms. The van der Waals surface area contributed by atoms with Crippen molar-refractivity contribution in [3.05, 3.63) is 41.2 Å².